The van der Waals surface area contributed by atoms with E-state index in [1.807, 2.05) is 30.8 Å². The number of hydrogen-bond donors (Lipinski definition) is 0. The van der Waals surface area contributed by atoms with Gasteiger partial charge >= 0.3 is 0 Å². The number of ether oxygens (including phenoxy) is 1. The zero-order valence-electron chi connectivity index (χ0n) is 18.2. The molecule has 5 nitrogen and oxygen atoms in total. The zero-order chi connectivity index (χ0) is 21.1. The predicted molar refractivity (Wildman–Crippen MR) is 124 cm³/mol. The Morgan fingerprint density at radius 3 is 2.83 bits per heavy atom. The van der Waals surface area contributed by atoms with Gasteiger partial charge in [-0.05, 0) is 82.8 Å². The normalized spacial score (nSPS) is 13.7. The topological polar surface area (TPSA) is 47.4 Å². The molecule has 0 saturated carbocycles. The Morgan fingerprint density at radius 2 is 2.03 bits per heavy atom. The van der Waals surface area contributed by atoms with Crippen molar-refractivity contribution >= 4 is 21.6 Å². The minimum Gasteiger partial charge on any atom is -0.494 e. The summed E-state index contributed by atoms with van der Waals surface area (Å²) in [6.07, 6.45) is 6.31. The Hall–Kier alpha value is -2.18. The van der Waals surface area contributed by atoms with Crippen LogP contribution >= 0.6 is 11.3 Å². The van der Waals surface area contributed by atoms with Crippen LogP contribution in [0, 0.1) is 6.92 Å². The fourth-order valence-electron chi connectivity index (χ4n) is 4.18. The molecule has 6 heteroatoms. The van der Waals surface area contributed by atoms with Crippen LogP contribution in [0.1, 0.15) is 47.5 Å². The average molecular weight is 426 g/mol. The molecule has 2 heterocycles. The van der Waals surface area contributed by atoms with Gasteiger partial charge in [0.25, 0.3) is 5.56 Å². The summed E-state index contributed by atoms with van der Waals surface area (Å²) in [4.78, 5) is 22.8. The first-order chi connectivity index (χ1) is 14.5. The first-order valence-corrected chi connectivity index (χ1v) is 11.7. The second-order valence-corrected chi connectivity index (χ2v) is 9.57. The molecule has 0 bridgehead atoms. The highest BCUT2D eigenvalue weighted by Gasteiger charge is 2.22. The third-order valence-corrected chi connectivity index (χ3v) is 6.83. The largest absolute Gasteiger partial charge is 0.494 e. The Morgan fingerprint density at radius 1 is 1.20 bits per heavy atom. The van der Waals surface area contributed by atoms with Crippen LogP contribution in [-0.2, 0) is 25.9 Å². The Bertz CT molecular complexity index is 1080. The Labute approximate surface area is 182 Å². The number of unbranched alkanes of at least 4 members (excludes halogenated alkanes) is 1. The van der Waals surface area contributed by atoms with Gasteiger partial charge in [0.05, 0.1) is 18.5 Å². The molecule has 0 unspecified atom stereocenters. The number of hydrogen-bond acceptors (Lipinski definition) is 5. The number of aromatic nitrogens is 2. The number of fused-ring (bicyclic) bond motifs is 3. The van der Waals surface area contributed by atoms with Crippen LogP contribution in [0.3, 0.4) is 0 Å². The van der Waals surface area contributed by atoms with Crippen LogP contribution in [0.25, 0.3) is 10.2 Å². The molecular weight excluding hydrogens is 394 g/mol. The maximum Gasteiger partial charge on any atom is 0.262 e. The SMILES string of the molecule is Cc1cccc(OCCCCn2c(CN(C)C)nc3sc4c(c3c2=O)CCCC4)c1. The molecule has 1 aliphatic carbocycles. The minimum atomic E-state index is 0.149. The summed E-state index contributed by atoms with van der Waals surface area (Å²) in [5.74, 6) is 1.78. The van der Waals surface area contributed by atoms with Gasteiger partial charge in [0, 0.05) is 11.4 Å². The molecule has 1 aliphatic rings. The number of nitrogens with zero attached hydrogens (tertiary/aromatic N) is 3. The Kier molecular flexibility index (Phi) is 6.54. The van der Waals surface area contributed by atoms with Crippen molar-refractivity contribution in [1.29, 1.82) is 0 Å². The van der Waals surface area contributed by atoms with Crippen LogP contribution < -0.4 is 10.3 Å². The van der Waals surface area contributed by atoms with Crippen LogP contribution in [0.5, 0.6) is 5.75 Å². The summed E-state index contributed by atoms with van der Waals surface area (Å²) in [5.41, 5.74) is 2.62. The van der Waals surface area contributed by atoms with Crippen molar-refractivity contribution in [2.75, 3.05) is 20.7 Å². The summed E-state index contributed by atoms with van der Waals surface area (Å²) in [6.45, 7) is 4.09. The molecule has 0 saturated heterocycles. The summed E-state index contributed by atoms with van der Waals surface area (Å²) >= 11 is 1.73. The van der Waals surface area contributed by atoms with Crippen molar-refractivity contribution in [3.8, 4) is 5.75 Å². The second kappa shape index (κ2) is 9.31. The van der Waals surface area contributed by atoms with E-state index in [2.05, 4.69) is 24.0 Å². The molecule has 0 spiro atoms. The number of rotatable bonds is 8. The molecule has 0 atom stereocenters. The molecule has 0 aliphatic heterocycles. The van der Waals surface area contributed by atoms with E-state index < -0.39 is 0 Å². The monoisotopic (exact) mass is 425 g/mol. The van der Waals surface area contributed by atoms with Crippen molar-refractivity contribution in [1.82, 2.24) is 14.5 Å². The van der Waals surface area contributed by atoms with Crippen molar-refractivity contribution < 1.29 is 4.74 Å². The quantitative estimate of drug-likeness (QED) is 0.496. The molecule has 4 rings (SSSR count). The molecule has 0 radical (unpaired) electrons. The first kappa shape index (κ1) is 21.1. The van der Waals surface area contributed by atoms with E-state index in [9.17, 15) is 4.79 Å². The summed E-state index contributed by atoms with van der Waals surface area (Å²) in [6, 6.07) is 8.12. The maximum atomic E-state index is 13.5. The van der Waals surface area contributed by atoms with Crippen molar-refractivity contribution in [3.05, 3.63) is 56.4 Å². The second-order valence-electron chi connectivity index (χ2n) is 8.49. The van der Waals surface area contributed by atoms with E-state index >= 15 is 0 Å². The van der Waals surface area contributed by atoms with E-state index in [-0.39, 0.29) is 5.56 Å². The van der Waals surface area contributed by atoms with E-state index in [0.717, 1.165) is 47.5 Å². The summed E-state index contributed by atoms with van der Waals surface area (Å²) in [7, 11) is 4.05. The number of thiophene rings is 1. The van der Waals surface area contributed by atoms with Gasteiger partial charge in [-0.25, -0.2) is 4.98 Å². The molecule has 0 fully saturated rings. The smallest absolute Gasteiger partial charge is 0.262 e. The van der Waals surface area contributed by atoms with E-state index in [1.54, 1.807) is 11.3 Å². The molecule has 0 amide bonds. The summed E-state index contributed by atoms with van der Waals surface area (Å²) < 4.78 is 7.79. The fraction of sp³-hybridized carbons (Fsp3) is 0.500. The molecule has 2 aromatic heterocycles. The van der Waals surface area contributed by atoms with E-state index in [0.29, 0.717) is 19.7 Å². The highest BCUT2D eigenvalue weighted by Crippen LogP contribution is 2.33. The van der Waals surface area contributed by atoms with Crippen molar-refractivity contribution in [3.63, 3.8) is 0 Å². The lowest BCUT2D eigenvalue weighted by molar-refractivity contribution is 0.301. The van der Waals surface area contributed by atoms with Gasteiger partial charge < -0.3 is 9.64 Å². The molecule has 3 aromatic rings. The molecule has 1 aromatic carbocycles. The van der Waals surface area contributed by atoms with E-state index in [4.69, 9.17) is 9.72 Å². The standard InChI is InChI=1S/C24H31N3O2S/c1-17-9-8-10-18(15-17)29-14-7-6-13-27-21(16-26(2)3)25-23-22(24(27)28)19-11-4-5-12-20(19)30-23/h8-10,15H,4-7,11-14,16H2,1-3H3. The van der Waals surface area contributed by atoms with Crippen LogP contribution in [0.15, 0.2) is 29.1 Å². The fourth-order valence-corrected chi connectivity index (χ4v) is 5.45. The van der Waals surface area contributed by atoms with Gasteiger partial charge in [0.1, 0.15) is 16.4 Å². The number of aryl methyl sites for hydroxylation is 3. The average Bonchev–Trinajstić information content (AvgIpc) is 3.07. The lowest BCUT2D eigenvalue weighted by Gasteiger charge is -2.16. The van der Waals surface area contributed by atoms with Gasteiger partial charge in [-0.1, -0.05) is 12.1 Å². The van der Waals surface area contributed by atoms with Crippen LogP contribution in [0.4, 0.5) is 0 Å². The Balaban J connectivity index is 1.51. The predicted octanol–water partition coefficient (Wildman–Crippen LogP) is 4.57. The molecule has 0 N–H and O–H groups in total. The van der Waals surface area contributed by atoms with Crippen LogP contribution in [-0.4, -0.2) is 35.2 Å². The molecule has 160 valence electrons. The number of benzene rings is 1. The third-order valence-electron chi connectivity index (χ3n) is 5.65. The van der Waals surface area contributed by atoms with Gasteiger partial charge in [-0.3, -0.25) is 9.36 Å². The molecular formula is C24H31N3O2S. The first-order valence-electron chi connectivity index (χ1n) is 10.9. The van der Waals surface area contributed by atoms with Gasteiger partial charge in [0.2, 0.25) is 0 Å². The highest BCUT2D eigenvalue weighted by atomic mass is 32.1. The van der Waals surface area contributed by atoms with Gasteiger partial charge in [-0.15, -0.1) is 11.3 Å². The lowest BCUT2D eigenvalue weighted by Crippen LogP contribution is -2.28. The minimum absolute atomic E-state index is 0.149. The van der Waals surface area contributed by atoms with Crippen LogP contribution in [0.2, 0.25) is 0 Å². The zero-order valence-corrected chi connectivity index (χ0v) is 19.1. The van der Waals surface area contributed by atoms with E-state index in [1.165, 1.54) is 28.8 Å². The van der Waals surface area contributed by atoms with Gasteiger partial charge in [0.15, 0.2) is 0 Å². The maximum absolute atomic E-state index is 13.5. The lowest BCUT2D eigenvalue weighted by atomic mass is 9.97. The summed E-state index contributed by atoms with van der Waals surface area (Å²) in [5, 5.41) is 0.883. The molecule has 30 heavy (non-hydrogen) atoms. The van der Waals surface area contributed by atoms with Crippen molar-refractivity contribution in [2.45, 2.75) is 58.5 Å². The van der Waals surface area contributed by atoms with Crippen molar-refractivity contribution in [2.24, 2.45) is 0 Å². The third kappa shape index (κ3) is 4.60. The van der Waals surface area contributed by atoms with Gasteiger partial charge in [-0.2, -0.15) is 0 Å². The highest BCUT2D eigenvalue weighted by molar-refractivity contribution is 7.18.